The third-order valence-corrected chi connectivity index (χ3v) is 8.53. The summed E-state index contributed by atoms with van der Waals surface area (Å²) < 4.78 is 19.4. The lowest BCUT2D eigenvalue weighted by Crippen LogP contribution is -2.56. The number of rotatable bonds is 7. The molecule has 36 heavy (non-hydrogen) atoms. The summed E-state index contributed by atoms with van der Waals surface area (Å²) in [5.41, 5.74) is 0.551. The van der Waals surface area contributed by atoms with E-state index in [1.165, 1.54) is 0 Å². The first kappa shape index (κ1) is 30.3. The van der Waals surface area contributed by atoms with Gasteiger partial charge in [0, 0.05) is 55.9 Å². The van der Waals surface area contributed by atoms with Crippen LogP contribution in [-0.4, -0.2) is 108 Å². The van der Waals surface area contributed by atoms with Gasteiger partial charge in [-0.3, -0.25) is 14.7 Å². The van der Waals surface area contributed by atoms with Gasteiger partial charge in [-0.2, -0.15) is 0 Å². The van der Waals surface area contributed by atoms with Crippen molar-refractivity contribution in [3.63, 3.8) is 0 Å². The van der Waals surface area contributed by atoms with Crippen LogP contribution in [0.3, 0.4) is 0 Å². The topological polar surface area (TPSA) is 37.4 Å². The third-order valence-electron chi connectivity index (χ3n) is 8.53. The van der Waals surface area contributed by atoms with Crippen LogP contribution in [-0.2, 0) is 14.2 Å². The molecule has 0 radical (unpaired) electrons. The van der Waals surface area contributed by atoms with E-state index in [1.54, 1.807) is 0 Å². The molecule has 0 saturated carbocycles. The molecule has 3 rings (SSSR count). The molecule has 5 atom stereocenters. The smallest absolute Gasteiger partial charge is 0.0707 e. The molecule has 3 aliphatic rings. The Bertz CT molecular complexity index is 666. The second-order valence-electron chi connectivity index (χ2n) is 14.6. The van der Waals surface area contributed by atoms with Crippen LogP contribution in [0.4, 0.5) is 0 Å². The Balaban J connectivity index is 1.56. The van der Waals surface area contributed by atoms with Crippen LogP contribution in [0.25, 0.3) is 0 Å². The van der Waals surface area contributed by atoms with Gasteiger partial charge in [0.25, 0.3) is 0 Å². The van der Waals surface area contributed by atoms with Gasteiger partial charge in [-0.15, -0.1) is 0 Å². The van der Waals surface area contributed by atoms with E-state index in [1.807, 2.05) is 0 Å². The van der Waals surface area contributed by atoms with Gasteiger partial charge in [0.2, 0.25) is 0 Å². The molecule has 0 amide bonds. The molecule has 3 heterocycles. The van der Waals surface area contributed by atoms with Crippen LogP contribution in [0.1, 0.15) is 101 Å². The molecule has 0 aromatic carbocycles. The second kappa shape index (κ2) is 12.3. The van der Waals surface area contributed by atoms with E-state index in [-0.39, 0.29) is 28.8 Å². The Morgan fingerprint density at radius 2 is 0.889 bits per heavy atom. The van der Waals surface area contributed by atoms with Crippen molar-refractivity contribution in [3.8, 4) is 0 Å². The number of hydrogen-bond acceptors (Lipinski definition) is 6. The molecule has 0 bridgehead atoms. The highest BCUT2D eigenvalue weighted by Gasteiger charge is 2.37. The summed E-state index contributed by atoms with van der Waals surface area (Å²) in [6.07, 6.45) is 6.88. The highest BCUT2D eigenvalue weighted by atomic mass is 16.5. The highest BCUT2D eigenvalue weighted by Crippen LogP contribution is 2.29. The molecule has 3 unspecified atom stereocenters. The maximum atomic E-state index is 6.76. The Hall–Kier alpha value is -0.240. The van der Waals surface area contributed by atoms with Crippen LogP contribution in [0, 0.1) is 0 Å². The van der Waals surface area contributed by atoms with Gasteiger partial charge < -0.3 is 14.2 Å². The molecule has 6 nitrogen and oxygen atoms in total. The van der Waals surface area contributed by atoms with Gasteiger partial charge in [0.1, 0.15) is 0 Å². The van der Waals surface area contributed by atoms with Crippen LogP contribution in [0.15, 0.2) is 0 Å². The fraction of sp³-hybridized carbons (Fsp3) is 1.00. The Kier molecular flexibility index (Phi) is 10.4. The molecule has 6 heteroatoms. The first-order chi connectivity index (χ1) is 16.6. The number of nitrogens with zero attached hydrogens (tertiary/aromatic N) is 3. The molecule has 0 aromatic rings. The lowest BCUT2D eigenvalue weighted by atomic mass is 9.96. The van der Waals surface area contributed by atoms with Crippen molar-refractivity contribution in [1.82, 2.24) is 14.7 Å². The van der Waals surface area contributed by atoms with Crippen molar-refractivity contribution in [2.75, 3.05) is 45.9 Å². The largest absolute Gasteiger partial charge is 0.376 e. The average Bonchev–Trinajstić information content (AvgIpc) is 2.79. The van der Waals surface area contributed by atoms with E-state index in [4.69, 9.17) is 14.2 Å². The minimum atomic E-state index is 0.155. The second-order valence-corrected chi connectivity index (χ2v) is 14.6. The summed E-state index contributed by atoms with van der Waals surface area (Å²) in [4.78, 5) is 7.83. The number of morpholine rings is 3. The number of ether oxygens (including phenoxy) is 3. The van der Waals surface area contributed by atoms with Crippen molar-refractivity contribution in [1.29, 1.82) is 0 Å². The minimum absolute atomic E-state index is 0.155. The zero-order chi connectivity index (χ0) is 26.7. The Morgan fingerprint density at radius 3 is 1.31 bits per heavy atom. The van der Waals surface area contributed by atoms with Gasteiger partial charge in [-0.25, -0.2) is 0 Å². The van der Waals surface area contributed by atoms with Crippen LogP contribution < -0.4 is 0 Å². The first-order valence-electron chi connectivity index (χ1n) is 14.8. The zero-order valence-corrected chi connectivity index (χ0v) is 25.4. The zero-order valence-electron chi connectivity index (χ0n) is 25.4. The van der Waals surface area contributed by atoms with E-state index in [2.05, 4.69) is 83.9 Å². The summed E-state index contributed by atoms with van der Waals surface area (Å²) >= 11 is 0. The van der Waals surface area contributed by atoms with Crippen molar-refractivity contribution in [3.05, 3.63) is 0 Å². The summed E-state index contributed by atoms with van der Waals surface area (Å²) in [6.45, 7) is 30.2. The fourth-order valence-corrected chi connectivity index (χ4v) is 5.89. The summed E-state index contributed by atoms with van der Waals surface area (Å²) in [5, 5.41) is 0. The minimum Gasteiger partial charge on any atom is -0.376 e. The van der Waals surface area contributed by atoms with Gasteiger partial charge in [-0.1, -0.05) is 6.92 Å². The lowest BCUT2D eigenvalue weighted by molar-refractivity contribution is -0.135. The van der Waals surface area contributed by atoms with Crippen LogP contribution >= 0.6 is 0 Å². The average molecular weight is 510 g/mol. The quantitative estimate of drug-likeness (QED) is 0.470. The van der Waals surface area contributed by atoms with E-state index >= 15 is 0 Å². The van der Waals surface area contributed by atoms with Crippen molar-refractivity contribution < 1.29 is 14.2 Å². The molecule has 0 spiro atoms. The molecule has 212 valence electrons. The van der Waals surface area contributed by atoms with Crippen molar-refractivity contribution in [2.24, 2.45) is 0 Å². The van der Waals surface area contributed by atoms with E-state index in [0.717, 1.165) is 78.0 Å². The Morgan fingerprint density at radius 1 is 0.528 bits per heavy atom. The molecular weight excluding hydrogens is 450 g/mol. The number of hydrogen-bond donors (Lipinski definition) is 0. The maximum absolute atomic E-state index is 6.76. The Labute approximate surface area is 223 Å². The standard InChI is InChI=1S/C30H59N3O3/c1-11-23-18-32(29(5,6)7)20-25(35-23)14-15-27-22-33(30(8,9)10)21-26(36-27)13-12-24-19-31(16-17-34-24)28(2,3)4/h23-27H,11-22H2,1-10H3/t23-,24?,25?,26?,27+/m1/s1. The van der Waals surface area contributed by atoms with Crippen molar-refractivity contribution >= 4 is 0 Å². The van der Waals surface area contributed by atoms with Gasteiger partial charge >= 0.3 is 0 Å². The SMILES string of the molecule is CC[C@@H]1CN(C(C)(C)C)CC(CC[C@H]2CN(C(C)(C)C)CC(CCC3CN(C(C)(C)C)CCO3)O2)O1. The molecule has 3 saturated heterocycles. The maximum Gasteiger partial charge on any atom is 0.0707 e. The first-order valence-corrected chi connectivity index (χ1v) is 14.8. The predicted octanol–water partition coefficient (Wildman–Crippen LogP) is 5.19. The van der Waals surface area contributed by atoms with E-state index in [9.17, 15) is 0 Å². The summed E-state index contributed by atoms with van der Waals surface area (Å²) in [5.74, 6) is 0. The molecule has 3 fully saturated rings. The summed E-state index contributed by atoms with van der Waals surface area (Å²) in [6, 6.07) is 0. The summed E-state index contributed by atoms with van der Waals surface area (Å²) in [7, 11) is 0. The van der Waals surface area contributed by atoms with E-state index < -0.39 is 0 Å². The molecule has 3 aliphatic heterocycles. The van der Waals surface area contributed by atoms with Crippen LogP contribution in [0.5, 0.6) is 0 Å². The van der Waals surface area contributed by atoms with Gasteiger partial charge in [0.05, 0.1) is 37.1 Å². The van der Waals surface area contributed by atoms with Crippen LogP contribution in [0.2, 0.25) is 0 Å². The normalized spacial score (nSPS) is 32.7. The highest BCUT2D eigenvalue weighted by molar-refractivity contribution is 4.90. The van der Waals surface area contributed by atoms with Gasteiger partial charge in [-0.05, 0) is 94.4 Å². The van der Waals surface area contributed by atoms with Gasteiger partial charge in [0.15, 0.2) is 0 Å². The predicted molar refractivity (Wildman–Crippen MR) is 150 cm³/mol. The molecular formula is C30H59N3O3. The monoisotopic (exact) mass is 509 g/mol. The third kappa shape index (κ3) is 8.91. The lowest BCUT2D eigenvalue weighted by Gasteiger charge is -2.47. The van der Waals surface area contributed by atoms with Crippen molar-refractivity contribution in [2.45, 2.75) is 148 Å². The fourth-order valence-electron chi connectivity index (χ4n) is 5.89. The molecule has 0 aromatic heterocycles. The van der Waals surface area contributed by atoms with E-state index in [0.29, 0.717) is 18.3 Å². The molecule has 0 N–H and O–H groups in total. The molecule has 0 aliphatic carbocycles.